The number of nitrogens with one attached hydrogen (secondary N) is 1. The fourth-order valence-electron chi connectivity index (χ4n) is 2.36. The smallest absolute Gasteiger partial charge is 0.241 e. The summed E-state index contributed by atoms with van der Waals surface area (Å²) in [6.45, 7) is 3.03. The number of aromatic nitrogens is 5. The molecule has 126 valence electrons. The van der Waals surface area contributed by atoms with Crippen molar-refractivity contribution in [2.75, 3.05) is 6.54 Å². The van der Waals surface area contributed by atoms with Crippen molar-refractivity contribution < 1.29 is 4.79 Å². The Morgan fingerprint density at radius 2 is 2.04 bits per heavy atom. The van der Waals surface area contributed by atoms with E-state index in [2.05, 4.69) is 20.7 Å². The number of para-hydroxylation sites is 1. The van der Waals surface area contributed by atoms with E-state index in [1.165, 1.54) is 0 Å². The highest BCUT2D eigenvalue weighted by molar-refractivity contribution is 6.41. The highest BCUT2D eigenvalue weighted by atomic mass is 35.5. The number of benzene rings is 1. The molecule has 1 N–H and O–H groups in total. The summed E-state index contributed by atoms with van der Waals surface area (Å²) in [5.41, 5.74) is 2.30. The number of aryl methyl sites for hydroxylation is 2. The number of carbonyl (C=O) groups is 1. The van der Waals surface area contributed by atoms with Gasteiger partial charge in [0.2, 0.25) is 5.91 Å². The molecule has 0 atom stereocenters. The van der Waals surface area contributed by atoms with Gasteiger partial charge in [0, 0.05) is 13.1 Å². The third-order valence-corrected chi connectivity index (χ3v) is 4.51. The van der Waals surface area contributed by atoms with Crippen molar-refractivity contribution in [3.63, 3.8) is 0 Å². The van der Waals surface area contributed by atoms with E-state index in [9.17, 15) is 4.79 Å². The molecular formula is C15H16Cl2N6O. The van der Waals surface area contributed by atoms with Crippen molar-refractivity contribution >= 4 is 40.1 Å². The van der Waals surface area contributed by atoms with Crippen LogP contribution in [0.5, 0.6) is 0 Å². The lowest BCUT2D eigenvalue weighted by Gasteiger charge is -2.06. The summed E-state index contributed by atoms with van der Waals surface area (Å²) in [5.74, 6) is -0.119. The van der Waals surface area contributed by atoms with Crippen molar-refractivity contribution in [1.29, 1.82) is 0 Å². The number of halogens is 2. The molecule has 0 aliphatic heterocycles. The molecule has 1 aromatic carbocycles. The van der Waals surface area contributed by atoms with Gasteiger partial charge in [-0.15, -0.1) is 5.10 Å². The van der Waals surface area contributed by atoms with E-state index >= 15 is 0 Å². The fourth-order valence-corrected chi connectivity index (χ4v) is 2.76. The first kappa shape index (κ1) is 16.7. The van der Waals surface area contributed by atoms with Gasteiger partial charge < -0.3 is 5.32 Å². The maximum atomic E-state index is 12.0. The molecule has 0 radical (unpaired) electrons. The van der Waals surface area contributed by atoms with E-state index in [0.29, 0.717) is 35.4 Å². The Hall–Kier alpha value is -2.12. The second-order valence-electron chi connectivity index (χ2n) is 5.35. The van der Waals surface area contributed by atoms with Crippen LogP contribution in [0.15, 0.2) is 24.3 Å². The summed E-state index contributed by atoms with van der Waals surface area (Å²) < 4.78 is 3.22. The predicted octanol–water partition coefficient (Wildman–Crippen LogP) is 2.45. The lowest BCUT2D eigenvalue weighted by Crippen LogP contribution is -2.29. The van der Waals surface area contributed by atoms with E-state index in [0.717, 1.165) is 11.0 Å². The zero-order valence-corrected chi connectivity index (χ0v) is 14.5. The van der Waals surface area contributed by atoms with Gasteiger partial charge in [-0.2, -0.15) is 5.10 Å². The lowest BCUT2D eigenvalue weighted by atomic mass is 10.3. The summed E-state index contributed by atoms with van der Waals surface area (Å²) in [5, 5.41) is 16.0. The highest BCUT2D eigenvalue weighted by Gasteiger charge is 2.11. The van der Waals surface area contributed by atoms with Gasteiger partial charge in [-0.25, -0.2) is 4.68 Å². The maximum Gasteiger partial charge on any atom is 0.241 e. The summed E-state index contributed by atoms with van der Waals surface area (Å²) >= 11 is 12.1. The minimum atomic E-state index is -0.119. The third kappa shape index (κ3) is 3.52. The molecular weight excluding hydrogens is 351 g/mol. The summed E-state index contributed by atoms with van der Waals surface area (Å²) in [7, 11) is 0. The largest absolute Gasteiger partial charge is 0.354 e. The molecule has 0 fully saturated rings. The van der Waals surface area contributed by atoms with E-state index in [1.807, 2.05) is 24.3 Å². The first-order valence-electron chi connectivity index (χ1n) is 7.49. The summed E-state index contributed by atoms with van der Waals surface area (Å²) in [6, 6.07) is 7.52. The highest BCUT2D eigenvalue weighted by Crippen LogP contribution is 2.24. The number of nitrogens with zero attached hydrogens (tertiary/aromatic N) is 5. The van der Waals surface area contributed by atoms with Crippen LogP contribution in [0.3, 0.4) is 0 Å². The van der Waals surface area contributed by atoms with Gasteiger partial charge in [-0.05, 0) is 25.5 Å². The molecule has 0 spiro atoms. The van der Waals surface area contributed by atoms with Crippen molar-refractivity contribution in [3.8, 4) is 0 Å². The van der Waals surface area contributed by atoms with Gasteiger partial charge in [0.25, 0.3) is 0 Å². The summed E-state index contributed by atoms with van der Waals surface area (Å²) in [6.07, 6.45) is 0.695. The van der Waals surface area contributed by atoms with Crippen molar-refractivity contribution in [1.82, 2.24) is 30.1 Å². The molecule has 7 nitrogen and oxygen atoms in total. The fraction of sp³-hybridized carbons (Fsp3) is 0.333. The van der Waals surface area contributed by atoms with Gasteiger partial charge in [0.05, 0.1) is 11.2 Å². The van der Waals surface area contributed by atoms with Crippen LogP contribution in [0.4, 0.5) is 0 Å². The molecule has 0 aliphatic carbocycles. The number of amides is 1. The van der Waals surface area contributed by atoms with Crippen LogP contribution in [0.25, 0.3) is 11.0 Å². The molecule has 9 heteroatoms. The van der Waals surface area contributed by atoms with E-state index in [1.54, 1.807) is 16.3 Å². The second-order valence-corrected chi connectivity index (χ2v) is 6.09. The van der Waals surface area contributed by atoms with Gasteiger partial charge in [0.15, 0.2) is 0 Å². The zero-order valence-electron chi connectivity index (χ0n) is 13.0. The molecule has 0 bridgehead atoms. The van der Waals surface area contributed by atoms with Gasteiger partial charge in [0.1, 0.15) is 22.2 Å². The van der Waals surface area contributed by atoms with E-state index < -0.39 is 0 Å². The predicted molar refractivity (Wildman–Crippen MR) is 92.1 cm³/mol. The van der Waals surface area contributed by atoms with Gasteiger partial charge in [-0.1, -0.05) is 40.5 Å². The van der Waals surface area contributed by atoms with Crippen LogP contribution in [-0.2, 0) is 17.9 Å². The van der Waals surface area contributed by atoms with Crippen LogP contribution >= 0.6 is 23.2 Å². The number of hydrogen-bond acceptors (Lipinski definition) is 4. The maximum absolute atomic E-state index is 12.0. The van der Waals surface area contributed by atoms with Crippen LogP contribution < -0.4 is 5.32 Å². The Balaban J connectivity index is 1.48. The van der Waals surface area contributed by atoms with Crippen molar-refractivity contribution in [2.45, 2.75) is 26.4 Å². The minimum Gasteiger partial charge on any atom is -0.354 e. The Kier molecular flexibility index (Phi) is 5.01. The van der Waals surface area contributed by atoms with Gasteiger partial charge in [-0.3, -0.25) is 9.48 Å². The van der Waals surface area contributed by atoms with E-state index in [-0.39, 0.29) is 12.5 Å². The molecule has 0 saturated heterocycles. The third-order valence-electron chi connectivity index (χ3n) is 3.58. The molecule has 2 aromatic heterocycles. The van der Waals surface area contributed by atoms with Crippen LogP contribution in [-0.4, -0.2) is 37.2 Å². The number of fused-ring (bicyclic) bond motifs is 1. The van der Waals surface area contributed by atoms with Crippen LogP contribution in [0, 0.1) is 6.92 Å². The second kappa shape index (κ2) is 7.19. The Morgan fingerprint density at radius 1 is 1.25 bits per heavy atom. The van der Waals surface area contributed by atoms with E-state index in [4.69, 9.17) is 23.2 Å². The average molecular weight is 367 g/mol. The molecule has 3 rings (SSSR count). The normalized spacial score (nSPS) is 11.1. The first-order valence-corrected chi connectivity index (χ1v) is 8.25. The summed E-state index contributed by atoms with van der Waals surface area (Å²) in [4.78, 5) is 12.0. The molecule has 1 amide bonds. The SMILES string of the molecule is Cc1nn(CCCNC(=O)Cn2nnc3ccccc32)c(Cl)c1Cl. The number of rotatable bonds is 6. The van der Waals surface area contributed by atoms with Crippen LogP contribution in [0.1, 0.15) is 12.1 Å². The zero-order chi connectivity index (χ0) is 17.1. The first-order chi connectivity index (χ1) is 11.6. The van der Waals surface area contributed by atoms with Crippen molar-refractivity contribution in [3.05, 3.63) is 40.1 Å². The molecule has 2 heterocycles. The monoisotopic (exact) mass is 366 g/mol. The Labute approximate surface area is 148 Å². The Bertz CT molecular complexity index is 872. The molecule has 24 heavy (non-hydrogen) atoms. The average Bonchev–Trinajstić information content (AvgIpc) is 3.09. The Morgan fingerprint density at radius 3 is 2.79 bits per heavy atom. The molecule has 0 unspecified atom stereocenters. The minimum absolute atomic E-state index is 0.119. The number of carbonyl (C=O) groups excluding carboxylic acids is 1. The molecule has 3 aromatic rings. The topological polar surface area (TPSA) is 77.6 Å². The quantitative estimate of drug-likeness (QED) is 0.679. The van der Waals surface area contributed by atoms with Gasteiger partial charge >= 0.3 is 0 Å². The van der Waals surface area contributed by atoms with Crippen molar-refractivity contribution in [2.24, 2.45) is 0 Å². The van der Waals surface area contributed by atoms with Crippen LogP contribution in [0.2, 0.25) is 10.2 Å². The number of hydrogen-bond donors (Lipinski definition) is 1. The lowest BCUT2D eigenvalue weighted by molar-refractivity contribution is -0.121. The molecule has 0 saturated carbocycles. The molecule has 0 aliphatic rings. The standard InChI is InChI=1S/C15H16Cl2N6O/c1-10-14(16)15(17)22(20-10)8-4-7-18-13(24)9-23-12-6-3-2-5-11(12)19-21-23/h2-3,5-6H,4,7-9H2,1H3,(H,18,24).